The first kappa shape index (κ1) is 36.3. The lowest BCUT2D eigenvalue weighted by molar-refractivity contribution is -0.154. The van der Waals surface area contributed by atoms with Crippen LogP contribution in [0.2, 0.25) is 5.02 Å². The summed E-state index contributed by atoms with van der Waals surface area (Å²) in [5, 5.41) is 23.1. The number of alkyl halides is 3. The second-order valence-corrected chi connectivity index (χ2v) is 11.8. The number of aromatic nitrogens is 3. The number of carbonyl (C=O) groups excluding carboxylic acids is 3. The van der Waals surface area contributed by atoms with E-state index in [2.05, 4.69) is 41.5 Å². The smallest absolute Gasteiger partial charge is 0.422 e. The number of amides is 3. The maximum Gasteiger partial charge on any atom is 0.422 e. The lowest BCUT2D eigenvalue weighted by Crippen LogP contribution is -2.47. The minimum Gasteiger partial charge on any atom is -0.480 e. The molecule has 18 heteroatoms. The van der Waals surface area contributed by atoms with Gasteiger partial charge < -0.3 is 36.4 Å². The quantitative estimate of drug-likeness (QED) is 0.0991. The van der Waals surface area contributed by atoms with Crippen LogP contribution in [-0.4, -0.2) is 69.1 Å². The Morgan fingerprint density at radius 2 is 1.53 bits per heavy atom. The average molecular weight is 727 g/mol. The molecule has 0 saturated heterocycles. The van der Waals surface area contributed by atoms with Crippen molar-refractivity contribution < 1.29 is 42.2 Å². The molecule has 4 aromatic rings. The maximum absolute atomic E-state index is 12.9. The van der Waals surface area contributed by atoms with Crippen molar-refractivity contribution in [3.05, 3.63) is 95.0 Å². The predicted octanol–water partition coefficient (Wildman–Crippen LogP) is 4.64. The number of carboxylic acid groups (broad SMARTS) is 1. The van der Waals surface area contributed by atoms with Crippen molar-refractivity contribution in [2.45, 2.75) is 37.0 Å². The molecule has 1 aromatic heterocycles. The molecular weight excluding hydrogens is 697 g/mol. The number of benzene rings is 3. The second kappa shape index (κ2) is 15.7. The summed E-state index contributed by atoms with van der Waals surface area (Å²) in [6, 6.07) is 19.1. The van der Waals surface area contributed by atoms with Crippen molar-refractivity contribution in [3.63, 3.8) is 0 Å². The molecule has 1 fully saturated rings. The Morgan fingerprint density at radius 3 is 2.16 bits per heavy atom. The first-order valence-electron chi connectivity index (χ1n) is 15.3. The predicted molar refractivity (Wildman–Crippen MR) is 179 cm³/mol. The summed E-state index contributed by atoms with van der Waals surface area (Å²) in [6.07, 6.45) is -3.43. The summed E-state index contributed by atoms with van der Waals surface area (Å²) in [6.45, 7) is -1.78. The standard InChI is InChI=1S/C33H30ClF3N8O6/c34-21-10-8-20(9-11-21)32(15-16-32)45-30-42-29(43-31(44-30)51-18-33(35,36)37)40-23-12-6-19(7-13-23)25(46)38-17-14-24(28(49)50)41-27(48)26(47)39-22-4-2-1-3-5-22/h1-13,24H,14-18H2,(H,38,46)(H,39,47)(H,41,48)(H,49,50)(H2,40,42,43,44,45)/t24-/m1/s1. The Morgan fingerprint density at radius 1 is 0.863 bits per heavy atom. The molecule has 0 spiro atoms. The molecule has 0 bridgehead atoms. The number of carboxylic acids is 1. The van der Waals surface area contributed by atoms with Gasteiger partial charge in [0, 0.05) is 28.5 Å². The molecule has 0 radical (unpaired) electrons. The minimum atomic E-state index is -4.63. The third kappa shape index (κ3) is 10.5. The van der Waals surface area contributed by atoms with Crippen molar-refractivity contribution in [2.24, 2.45) is 0 Å². The van der Waals surface area contributed by atoms with Gasteiger partial charge in [-0.3, -0.25) is 14.4 Å². The van der Waals surface area contributed by atoms with Crippen LogP contribution < -0.4 is 31.3 Å². The van der Waals surface area contributed by atoms with E-state index in [9.17, 15) is 37.5 Å². The number of nitrogens with zero attached hydrogens (tertiary/aromatic N) is 3. The van der Waals surface area contributed by atoms with E-state index in [-0.39, 0.29) is 30.4 Å². The van der Waals surface area contributed by atoms with Gasteiger partial charge in [0.1, 0.15) is 6.04 Å². The molecule has 1 aliphatic rings. The monoisotopic (exact) mass is 726 g/mol. The van der Waals surface area contributed by atoms with E-state index >= 15 is 0 Å². The molecule has 14 nitrogen and oxygen atoms in total. The Hall–Kier alpha value is -5.97. The summed E-state index contributed by atoms with van der Waals surface area (Å²) in [5.41, 5.74) is 1.25. The Kier molecular flexibility index (Phi) is 11.2. The molecule has 0 aliphatic heterocycles. The molecule has 266 valence electrons. The van der Waals surface area contributed by atoms with Crippen molar-refractivity contribution in [3.8, 4) is 6.01 Å². The minimum absolute atomic E-state index is 0.0270. The molecule has 3 amide bonds. The van der Waals surface area contributed by atoms with Gasteiger partial charge in [-0.15, -0.1) is 0 Å². The van der Waals surface area contributed by atoms with Crippen LogP contribution in [0.3, 0.4) is 0 Å². The fraction of sp³-hybridized carbons (Fsp3) is 0.242. The van der Waals surface area contributed by atoms with Crippen LogP contribution in [0.15, 0.2) is 78.9 Å². The highest BCUT2D eigenvalue weighted by atomic mass is 35.5. The Bertz CT molecular complexity index is 1880. The summed E-state index contributed by atoms with van der Waals surface area (Å²) in [4.78, 5) is 61.1. The fourth-order valence-corrected chi connectivity index (χ4v) is 4.86. The van der Waals surface area contributed by atoms with E-state index in [1.807, 2.05) is 12.1 Å². The molecule has 3 aromatic carbocycles. The van der Waals surface area contributed by atoms with Crippen LogP contribution in [-0.2, 0) is 19.9 Å². The summed E-state index contributed by atoms with van der Waals surface area (Å²) in [5.74, 6) is -4.33. The van der Waals surface area contributed by atoms with Gasteiger partial charge in [0.15, 0.2) is 6.61 Å². The van der Waals surface area contributed by atoms with Crippen molar-refractivity contribution in [1.29, 1.82) is 0 Å². The van der Waals surface area contributed by atoms with Crippen LogP contribution in [0.5, 0.6) is 6.01 Å². The normalized spacial score (nSPS) is 13.6. The van der Waals surface area contributed by atoms with Crippen LogP contribution in [0.1, 0.15) is 35.2 Å². The van der Waals surface area contributed by atoms with Gasteiger partial charge in [0.05, 0.1) is 5.54 Å². The van der Waals surface area contributed by atoms with E-state index in [0.29, 0.717) is 29.2 Å². The topological polar surface area (TPSA) is 197 Å². The molecule has 51 heavy (non-hydrogen) atoms. The number of anilines is 4. The molecule has 1 atom stereocenters. The Balaban J connectivity index is 1.18. The van der Waals surface area contributed by atoms with Gasteiger partial charge in [-0.1, -0.05) is 41.9 Å². The van der Waals surface area contributed by atoms with Crippen molar-refractivity contribution >= 4 is 58.6 Å². The third-order valence-corrected chi connectivity index (χ3v) is 7.69. The second-order valence-electron chi connectivity index (χ2n) is 11.3. The SMILES string of the molecule is O=C(Nc1ccccc1)C(=O)N[C@H](CCNC(=O)c1ccc(Nc2nc(NC3(c4ccc(Cl)cc4)CC3)nc(OCC(F)(F)F)n2)cc1)C(=O)O. The number of hydrogen-bond acceptors (Lipinski definition) is 10. The molecule has 5 rings (SSSR count). The molecule has 6 N–H and O–H groups in total. The van der Waals surface area contributed by atoms with E-state index in [1.54, 1.807) is 42.5 Å². The molecule has 0 unspecified atom stereocenters. The van der Waals surface area contributed by atoms with Crippen LogP contribution in [0.4, 0.5) is 36.4 Å². The van der Waals surface area contributed by atoms with Crippen LogP contribution >= 0.6 is 11.6 Å². The number of hydrogen-bond donors (Lipinski definition) is 6. The largest absolute Gasteiger partial charge is 0.480 e. The number of para-hydroxylation sites is 1. The van der Waals surface area contributed by atoms with Gasteiger partial charge in [0.2, 0.25) is 11.9 Å². The van der Waals surface area contributed by atoms with Crippen molar-refractivity contribution in [1.82, 2.24) is 25.6 Å². The summed E-state index contributed by atoms with van der Waals surface area (Å²) in [7, 11) is 0. The van der Waals surface area contributed by atoms with Crippen molar-refractivity contribution in [2.75, 3.05) is 29.1 Å². The number of halogens is 4. The number of nitrogens with one attached hydrogen (secondary N) is 5. The van der Waals surface area contributed by atoms with Gasteiger partial charge >= 0.3 is 30.0 Å². The number of ether oxygens (including phenoxy) is 1. The summed E-state index contributed by atoms with van der Waals surface area (Å²) >= 11 is 6.01. The van der Waals surface area contributed by atoms with Gasteiger partial charge in [0.25, 0.3) is 5.91 Å². The van der Waals surface area contributed by atoms with Gasteiger partial charge in [-0.25, -0.2) is 4.79 Å². The molecule has 1 aliphatic carbocycles. The zero-order chi connectivity index (χ0) is 36.6. The molecule has 1 heterocycles. The first-order valence-corrected chi connectivity index (χ1v) is 15.7. The molecular formula is C33H30ClF3N8O6. The first-order chi connectivity index (χ1) is 24.3. The zero-order valence-corrected chi connectivity index (χ0v) is 27.2. The van der Waals surface area contributed by atoms with Crippen LogP contribution in [0.25, 0.3) is 0 Å². The highest BCUT2D eigenvalue weighted by molar-refractivity contribution is 6.40. The number of rotatable bonds is 14. The number of carbonyl (C=O) groups is 4. The highest BCUT2D eigenvalue weighted by Gasteiger charge is 2.45. The lowest BCUT2D eigenvalue weighted by Gasteiger charge is -2.19. The van der Waals surface area contributed by atoms with Gasteiger partial charge in [-0.05, 0) is 73.4 Å². The van der Waals surface area contributed by atoms with E-state index in [4.69, 9.17) is 16.3 Å². The van der Waals surface area contributed by atoms with E-state index in [0.717, 1.165) is 5.56 Å². The third-order valence-electron chi connectivity index (χ3n) is 7.44. The molecule has 1 saturated carbocycles. The maximum atomic E-state index is 12.9. The van der Waals surface area contributed by atoms with E-state index in [1.165, 1.54) is 24.3 Å². The fourth-order valence-electron chi connectivity index (χ4n) is 4.73. The van der Waals surface area contributed by atoms with Crippen LogP contribution in [0, 0.1) is 0 Å². The van der Waals surface area contributed by atoms with Gasteiger partial charge in [-0.2, -0.15) is 28.1 Å². The lowest BCUT2D eigenvalue weighted by atomic mass is 10.1. The van der Waals surface area contributed by atoms with E-state index < -0.39 is 54.1 Å². The highest BCUT2D eigenvalue weighted by Crippen LogP contribution is 2.48. The summed E-state index contributed by atoms with van der Waals surface area (Å²) < 4.78 is 43.5. The average Bonchev–Trinajstić information content (AvgIpc) is 3.87. The zero-order valence-electron chi connectivity index (χ0n) is 26.5. The number of aliphatic carboxylic acids is 1. The Labute approximate surface area is 293 Å².